The fourth-order valence-electron chi connectivity index (χ4n) is 2.34. The van der Waals surface area contributed by atoms with Gasteiger partial charge in [-0.1, -0.05) is 74.5 Å². The Morgan fingerprint density at radius 3 is 2.05 bits per heavy atom. The molecule has 0 aliphatic carbocycles. The van der Waals surface area contributed by atoms with Crippen molar-refractivity contribution in [2.45, 2.75) is 32.4 Å². The molecule has 2 N–H and O–H groups in total. The zero-order valence-electron chi connectivity index (χ0n) is 12.9. The van der Waals surface area contributed by atoms with Gasteiger partial charge in [0.15, 0.2) is 0 Å². The highest BCUT2D eigenvalue weighted by molar-refractivity contribution is 5.23. The van der Waals surface area contributed by atoms with E-state index >= 15 is 0 Å². The number of hydrogen-bond donors (Lipinski definition) is 2. The predicted molar refractivity (Wildman–Crippen MR) is 88.2 cm³/mol. The zero-order valence-corrected chi connectivity index (χ0v) is 12.9. The molecule has 2 heteroatoms. The highest BCUT2D eigenvalue weighted by Crippen LogP contribution is 2.18. The molecule has 2 aromatic carbocycles. The van der Waals surface area contributed by atoms with Crippen LogP contribution in [-0.2, 0) is 6.42 Å². The molecule has 0 saturated carbocycles. The van der Waals surface area contributed by atoms with Crippen molar-refractivity contribution in [2.75, 3.05) is 6.54 Å². The second-order valence-electron chi connectivity index (χ2n) is 5.87. The van der Waals surface area contributed by atoms with E-state index in [0.29, 0.717) is 6.54 Å². The van der Waals surface area contributed by atoms with Crippen LogP contribution in [0.3, 0.4) is 0 Å². The van der Waals surface area contributed by atoms with Gasteiger partial charge in [0.05, 0.1) is 6.10 Å². The summed E-state index contributed by atoms with van der Waals surface area (Å²) in [7, 11) is 0. The molecule has 112 valence electrons. The van der Waals surface area contributed by atoms with E-state index in [2.05, 4.69) is 53.8 Å². The van der Waals surface area contributed by atoms with Crippen molar-refractivity contribution in [3.05, 3.63) is 71.8 Å². The quantitative estimate of drug-likeness (QED) is 0.814. The molecule has 0 radical (unpaired) electrons. The standard InChI is InChI=1S/C19H25NO/c1-15(2)19(21)14-20-18(17-11-7-4-8-12-17)13-16-9-5-3-6-10-16/h3-12,15,18-21H,13-14H2,1-2H3. The topological polar surface area (TPSA) is 32.3 Å². The fourth-order valence-corrected chi connectivity index (χ4v) is 2.34. The summed E-state index contributed by atoms with van der Waals surface area (Å²) in [5.41, 5.74) is 2.56. The number of hydrogen-bond acceptors (Lipinski definition) is 2. The lowest BCUT2D eigenvalue weighted by atomic mass is 9.98. The molecular formula is C19H25NO. The van der Waals surface area contributed by atoms with Gasteiger partial charge in [-0.25, -0.2) is 0 Å². The van der Waals surface area contributed by atoms with E-state index in [1.54, 1.807) is 0 Å². The van der Waals surface area contributed by atoms with Gasteiger partial charge in [-0.2, -0.15) is 0 Å². The summed E-state index contributed by atoms with van der Waals surface area (Å²) in [6, 6.07) is 21.1. The van der Waals surface area contributed by atoms with Gasteiger partial charge in [0.1, 0.15) is 0 Å². The third kappa shape index (κ3) is 5.00. The van der Waals surface area contributed by atoms with Crippen molar-refractivity contribution >= 4 is 0 Å². The first-order chi connectivity index (χ1) is 10.2. The predicted octanol–water partition coefficient (Wildman–Crippen LogP) is 3.58. The average Bonchev–Trinajstić information content (AvgIpc) is 2.52. The van der Waals surface area contributed by atoms with E-state index < -0.39 is 0 Å². The van der Waals surface area contributed by atoms with Crippen LogP contribution in [-0.4, -0.2) is 17.8 Å². The van der Waals surface area contributed by atoms with Gasteiger partial charge in [0, 0.05) is 12.6 Å². The molecule has 0 amide bonds. The molecule has 0 heterocycles. The lowest BCUT2D eigenvalue weighted by Gasteiger charge is -2.23. The number of benzene rings is 2. The Labute approximate surface area is 127 Å². The molecule has 0 saturated heterocycles. The third-order valence-corrected chi connectivity index (χ3v) is 3.83. The Balaban J connectivity index is 2.07. The van der Waals surface area contributed by atoms with Gasteiger partial charge in [0.2, 0.25) is 0 Å². The molecule has 2 aromatic rings. The fraction of sp³-hybridized carbons (Fsp3) is 0.368. The Morgan fingerprint density at radius 2 is 1.48 bits per heavy atom. The molecule has 2 atom stereocenters. The number of aliphatic hydroxyl groups excluding tert-OH is 1. The minimum Gasteiger partial charge on any atom is -0.392 e. The van der Waals surface area contributed by atoms with Gasteiger partial charge in [0.25, 0.3) is 0 Å². The van der Waals surface area contributed by atoms with Crippen LogP contribution in [0, 0.1) is 5.92 Å². The Morgan fingerprint density at radius 1 is 0.905 bits per heavy atom. The van der Waals surface area contributed by atoms with Crippen molar-refractivity contribution in [1.29, 1.82) is 0 Å². The summed E-state index contributed by atoms with van der Waals surface area (Å²) in [5, 5.41) is 13.5. The summed E-state index contributed by atoms with van der Waals surface area (Å²) in [5.74, 6) is 0.269. The maximum absolute atomic E-state index is 10.0. The first kappa shape index (κ1) is 15.7. The summed E-state index contributed by atoms with van der Waals surface area (Å²) < 4.78 is 0. The van der Waals surface area contributed by atoms with Crippen molar-refractivity contribution in [2.24, 2.45) is 5.92 Å². The van der Waals surface area contributed by atoms with E-state index in [-0.39, 0.29) is 18.1 Å². The van der Waals surface area contributed by atoms with Crippen molar-refractivity contribution in [1.82, 2.24) is 5.32 Å². The van der Waals surface area contributed by atoms with Crippen LogP contribution in [0.5, 0.6) is 0 Å². The second kappa shape index (κ2) is 7.96. The smallest absolute Gasteiger partial charge is 0.0687 e. The van der Waals surface area contributed by atoms with E-state index in [9.17, 15) is 5.11 Å². The van der Waals surface area contributed by atoms with Crippen molar-refractivity contribution < 1.29 is 5.11 Å². The van der Waals surface area contributed by atoms with Crippen LogP contribution in [0.1, 0.15) is 31.0 Å². The average molecular weight is 283 g/mol. The minimum atomic E-state index is -0.313. The van der Waals surface area contributed by atoms with Crippen molar-refractivity contribution in [3.8, 4) is 0 Å². The third-order valence-electron chi connectivity index (χ3n) is 3.83. The summed E-state index contributed by atoms with van der Waals surface area (Å²) in [6.45, 7) is 4.70. The first-order valence-electron chi connectivity index (χ1n) is 7.67. The van der Waals surface area contributed by atoms with Crippen LogP contribution in [0.2, 0.25) is 0 Å². The number of rotatable bonds is 7. The monoisotopic (exact) mass is 283 g/mol. The van der Waals surface area contributed by atoms with Crippen LogP contribution in [0.15, 0.2) is 60.7 Å². The van der Waals surface area contributed by atoms with Crippen LogP contribution in [0.4, 0.5) is 0 Å². The minimum absolute atomic E-state index is 0.224. The lowest BCUT2D eigenvalue weighted by Crippen LogP contribution is -2.34. The summed E-state index contributed by atoms with van der Waals surface area (Å²) in [4.78, 5) is 0. The number of nitrogens with one attached hydrogen (secondary N) is 1. The molecule has 2 unspecified atom stereocenters. The summed E-state index contributed by atoms with van der Waals surface area (Å²) in [6.07, 6.45) is 0.613. The Hall–Kier alpha value is -1.64. The van der Waals surface area contributed by atoms with Gasteiger partial charge in [-0.15, -0.1) is 0 Å². The molecule has 0 aliphatic rings. The van der Waals surface area contributed by atoms with E-state index in [1.807, 2.05) is 26.0 Å². The van der Waals surface area contributed by atoms with E-state index in [1.165, 1.54) is 11.1 Å². The van der Waals surface area contributed by atoms with Gasteiger partial charge >= 0.3 is 0 Å². The normalized spacial score (nSPS) is 14.1. The molecule has 0 aliphatic heterocycles. The highest BCUT2D eigenvalue weighted by Gasteiger charge is 2.15. The lowest BCUT2D eigenvalue weighted by molar-refractivity contribution is 0.120. The maximum atomic E-state index is 10.0. The summed E-state index contributed by atoms with van der Waals surface area (Å²) >= 11 is 0. The van der Waals surface area contributed by atoms with Gasteiger partial charge in [-0.05, 0) is 23.5 Å². The van der Waals surface area contributed by atoms with Crippen molar-refractivity contribution in [3.63, 3.8) is 0 Å². The molecule has 21 heavy (non-hydrogen) atoms. The SMILES string of the molecule is CC(C)C(O)CNC(Cc1ccccc1)c1ccccc1. The molecule has 2 nitrogen and oxygen atoms in total. The first-order valence-corrected chi connectivity index (χ1v) is 7.67. The Bertz CT molecular complexity index is 510. The molecular weight excluding hydrogens is 258 g/mol. The van der Waals surface area contributed by atoms with Crippen LogP contribution < -0.4 is 5.32 Å². The molecule has 0 bridgehead atoms. The zero-order chi connectivity index (χ0) is 15.1. The van der Waals surface area contributed by atoms with Crippen LogP contribution in [0.25, 0.3) is 0 Å². The number of aliphatic hydroxyl groups is 1. The molecule has 0 aromatic heterocycles. The van der Waals surface area contributed by atoms with E-state index in [4.69, 9.17) is 0 Å². The second-order valence-corrected chi connectivity index (χ2v) is 5.87. The van der Waals surface area contributed by atoms with Crippen LogP contribution >= 0.6 is 0 Å². The maximum Gasteiger partial charge on any atom is 0.0687 e. The molecule has 2 rings (SSSR count). The largest absolute Gasteiger partial charge is 0.392 e. The molecule has 0 fully saturated rings. The van der Waals surface area contributed by atoms with E-state index in [0.717, 1.165) is 6.42 Å². The van der Waals surface area contributed by atoms with Gasteiger partial charge < -0.3 is 10.4 Å². The Kier molecular flexibility index (Phi) is 5.97. The molecule has 0 spiro atoms. The highest BCUT2D eigenvalue weighted by atomic mass is 16.3. The van der Waals surface area contributed by atoms with Gasteiger partial charge in [-0.3, -0.25) is 0 Å².